The monoisotopic (exact) mass is 494 g/mol. The predicted octanol–water partition coefficient (Wildman–Crippen LogP) is 2.97. The molecule has 1 aromatic carbocycles. The number of benzene rings is 1. The SMILES string of the molecule is CC(C)C1=C(c2ccc(Cl)c(Cl)c2)N[C@@H](NCCn2cnc3c2c(=O)n(C)c(=O)n3C)S1. The fourth-order valence-corrected chi connectivity index (χ4v) is 5.19. The first-order valence-electron chi connectivity index (χ1n) is 10.2. The average Bonchev–Trinajstić information content (AvgIpc) is 3.38. The van der Waals surface area contributed by atoms with Crippen LogP contribution in [0.15, 0.2) is 39.0 Å². The molecule has 170 valence electrons. The fourth-order valence-electron chi connectivity index (χ4n) is 3.69. The third kappa shape index (κ3) is 4.10. The van der Waals surface area contributed by atoms with E-state index in [9.17, 15) is 9.59 Å². The van der Waals surface area contributed by atoms with Crippen molar-refractivity contribution in [2.75, 3.05) is 6.54 Å². The van der Waals surface area contributed by atoms with Crippen molar-refractivity contribution in [2.45, 2.75) is 25.9 Å². The molecule has 32 heavy (non-hydrogen) atoms. The van der Waals surface area contributed by atoms with Crippen LogP contribution in [0.5, 0.6) is 0 Å². The Labute approximate surface area is 199 Å². The number of aryl methyl sites for hydroxylation is 1. The van der Waals surface area contributed by atoms with Gasteiger partial charge in [-0.1, -0.05) is 54.9 Å². The summed E-state index contributed by atoms with van der Waals surface area (Å²) >= 11 is 14.0. The second-order valence-corrected chi connectivity index (χ2v) is 9.90. The number of aromatic nitrogens is 4. The van der Waals surface area contributed by atoms with E-state index in [0.29, 0.717) is 40.2 Å². The number of imidazole rings is 1. The van der Waals surface area contributed by atoms with Gasteiger partial charge in [0.1, 0.15) is 5.50 Å². The highest BCUT2D eigenvalue weighted by Gasteiger charge is 2.27. The zero-order valence-corrected chi connectivity index (χ0v) is 20.5. The largest absolute Gasteiger partial charge is 0.360 e. The van der Waals surface area contributed by atoms with Gasteiger partial charge in [-0.3, -0.25) is 19.2 Å². The van der Waals surface area contributed by atoms with E-state index in [1.165, 1.54) is 16.5 Å². The minimum atomic E-state index is -0.389. The third-order valence-corrected chi connectivity index (χ3v) is 7.59. The number of hydrogen-bond donors (Lipinski definition) is 2. The minimum Gasteiger partial charge on any atom is -0.360 e. The van der Waals surface area contributed by atoms with Crippen LogP contribution in [0, 0.1) is 5.92 Å². The number of nitrogens with one attached hydrogen (secondary N) is 2. The van der Waals surface area contributed by atoms with Gasteiger partial charge in [-0.05, 0) is 18.1 Å². The third-order valence-electron chi connectivity index (χ3n) is 5.40. The van der Waals surface area contributed by atoms with Gasteiger partial charge in [0.2, 0.25) is 0 Å². The number of halogens is 2. The van der Waals surface area contributed by atoms with Gasteiger partial charge in [-0.25, -0.2) is 9.78 Å². The summed E-state index contributed by atoms with van der Waals surface area (Å²) in [6, 6.07) is 5.63. The second kappa shape index (κ2) is 8.97. The Morgan fingerprint density at radius 3 is 2.62 bits per heavy atom. The molecule has 2 aromatic heterocycles. The minimum absolute atomic E-state index is 0.0289. The summed E-state index contributed by atoms with van der Waals surface area (Å²) < 4.78 is 4.27. The lowest BCUT2D eigenvalue weighted by Crippen LogP contribution is -2.39. The maximum atomic E-state index is 12.6. The number of nitrogens with zero attached hydrogens (tertiary/aromatic N) is 4. The fraction of sp³-hybridized carbons (Fsp3) is 0.381. The Hall–Kier alpha value is -2.20. The molecule has 0 unspecified atom stereocenters. The van der Waals surface area contributed by atoms with Crippen molar-refractivity contribution in [3.8, 4) is 0 Å². The lowest BCUT2D eigenvalue weighted by atomic mass is 10.1. The van der Waals surface area contributed by atoms with Crippen LogP contribution in [0.3, 0.4) is 0 Å². The Morgan fingerprint density at radius 2 is 1.94 bits per heavy atom. The maximum Gasteiger partial charge on any atom is 0.332 e. The Balaban J connectivity index is 1.49. The molecule has 1 aliphatic heterocycles. The van der Waals surface area contributed by atoms with E-state index in [-0.39, 0.29) is 16.7 Å². The van der Waals surface area contributed by atoms with Gasteiger partial charge in [-0.2, -0.15) is 0 Å². The van der Waals surface area contributed by atoms with E-state index in [0.717, 1.165) is 15.8 Å². The molecule has 0 saturated carbocycles. The Morgan fingerprint density at radius 1 is 1.19 bits per heavy atom. The van der Waals surface area contributed by atoms with E-state index in [2.05, 4.69) is 29.5 Å². The second-order valence-electron chi connectivity index (χ2n) is 7.94. The summed E-state index contributed by atoms with van der Waals surface area (Å²) in [7, 11) is 3.09. The lowest BCUT2D eigenvalue weighted by molar-refractivity contribution is 0.568. The number of fused-ring (bicyclic) bond motifs is 1. The van der Waals surface area contributed by atoms with Gasteiger partial charge in [0, 0.05) is 37.7 Å². The van der Waals surface area contributed by atoms with Gasteiger partial charge in [0.15, 0.2) is 11.2 Å². The van der Waals surface area contributed by atoms with Crippen molar-refractivity contribution in [1.82, 2.24) is 29.3 Å². The van der Waals surface area contributed by atoms with E-state index >= 15 is 0 Å². The maximum absolute atomic E-state index is 12.6. The molecule has 1 aliphatic rings. The lowest BCUT2D eigenvalue weighted by Gasteiger charge is -2.15. The normalized spacial score (nSPS) is 16.4. The van der Waals surface area contributed by atoms with Crippen molar-refractivity contribution >= 4 is 51.8 Å². The standard InChI is InChI=1S/C21H24Cl2N6O2S/c1-11(2)17-15(12-5-6-13(22)14(23)9-12)26-20(32-17)24-7-8-29-10-25-18-16(29)19(30)28(4)21(31)27(18)3/h5-6,9-11,20,24,26H,7-8H2,1-4H3/t20-/m1/s1. The highest BCUT2D eigenvalue weighted by molar-refractivity contribution is 8.04. The van der Waals surface area contributed by atoms with Crippen LogP contribution in [0.4, 0.5) is 0 Å². The van der Waals surface area contributed by atoms with Crippen LogP contribution in [-0.2, 0) is 20.6 Å². The zero-order valence-electron chi connectivity index (χ0n) is 18.1. The van der Waals surface area contributed by atoms with E-state index in [1.54, 1.807) is 35.8 Å². The molecule has 0 aliphatic carbocycles. The number of allylic oxidation sites excluding steroid dienone is 1. The summed E-state index contributed by atoms with van der Waals surface area (Å²) in [5.41, 5.74) is 2.07. The molecule has 0 bridgehead atoms. The quantitative estimate of drug-likeness (QED) is 0.547. The van der Waals surface area contributed by atoms with Crippen LogP contribution < -0.4 is 21.9 Å². The van der Waals surface area contributed by atoms with Gasteiger partial charge < -0.3 is 9.88 Å². The van der Waals surface area contributed by atoms with Crippen LogP contribution in [0.2, 0.25) is 10.0 Å². The highest BCUT2D eigenvalue weighted by Crippen LogP contribution is 2.40. The molecule has 0 saturated heterocycles. The van der Waals surface area contributed by atoms with Crippen molar-refractivity contribution < 1.29 is 0 Å². The first kappa shape index (κ1) is 23.0. The summed E-state index contributed by atoms with van der Waals surface area (Å²) in [4.78, 5) is 30.2. The van der Waals surface area contributed by atoms with Crippen molar-refractivity contribution in [3.63, 3.8) is 0 Å². The topological polar surface area (TPSA) is 85.9 Å². The van der Waals surface area contributed by atoms with Crippen LogP contribution in [-0.4, -0.2) is 30.7 Å². The molecular formula is C21H24Cl2N6O2S. The van der Waals surface area contributed by atoms with Crippen molar-refractivity contribution in [3.05, 3.63) is 65.9 Å². The Bertz CT molecular complexity index is 1340. The van der Waals surface area contributed by atoms with Gasteiger partial charge in [0.05, 0.1) is 22.1 Å². The van der Waals surface area contributed by atoms with Crippen molar-refractivity contribution in [2.24, 2.45) is 20.0 Å². The van der Waals surface area contributed by atoms with Crippen LogP contribution in [0.1, 0.15) is 19.4 Å². The summed E-state index contributed by atoms with van der Waals surface area (Å²) in [6.45, 7) is 5.44. The van der Waals surface area contributed by atoms with E-state index in [1.807, 2.05) is 12.1 Å². The molecule has 2 N–H and O–H groups in total. The molecule has 0 radical (unpaired) electrons. The van der Waals surface area contributed by atoms with Crippen LogP contribution in [0.25, 0.3) is 16.9 Å². The molecule has 4 rings (SSSR count). The first-order valence-corrected chi connectivity index (χ1v) is 11.8. The average molecular weight is 495 g/mol. The van der Waals surface area contributed by atoms with Gasteiger partial charge in [0.25, 0.3) is 5.56 Å². The molecule has 3 aromatic rings. The smallest absolute Gasteiger partial charge is 0.332 e. The summed E-state index contributed by atoms with van der Waals surface area (Å²) in [5, 5.41) is 8.06. The Kier molecular flexibility index (Phi) is 6.44. The molecule has 0 spiro atoms. The molecule has 11 heteroatoms. The van der Waals surface area contributed by atoms with Crippen LogP contribution >= 0.6 is 35.0 Å². The summed E-state index contributed by atoms with van der Waals surface area (Å²) in [5.74, 6) is 0.339. The summed E-state index contributed by atoms with van der Waals surface area (Å²) in [6.07, 6.45) is 1.60. The first-order chi connectivity index (χ1) is 15.2. The molecule has 1 atom stereocenters. The van der Waals surface area contributed by atoms with Gasteiger partial charge in [-0.15, -0.1) is 0 Å². The molecule has 0 amide bonds. The number of hydrogen-bond acceptors (Lipinski definition) is 6. The van der Waals surface area contributed by atoms with E-state index in [4.69, 9.17) is 23.2 Å². The van der Waals surface area contributed by atoms with Crippen molar-refractivity contribution in [1.29, 1.82) is 0 Å². The molecular weight excluding hydrogens is 471 g/mol. The van der Waals surface area contributed by atoms with Gasteiger partial charge >= 0.3 is 5.69 Å². The molecule has 0 fully saturated rings. The number of rotatable bonds is 6. The molecule has 3 heterocycles. The number of thioether (sulfide) groups is 1. The predicted molar refractivity (Wildman–Crippen MR) is 131 cm³/mol. The zero-order chi connectivity index (χ0) is 23.2. The molecule has 8 nitrogen and oxygen atoms in total. The highest BCUT2D eigenvalue weighted by atomic mass is 35.5. The van der Waals surface area contributed by atoms with E-state index < -0.39 is 0 Å².